The van der Waals surface area contributed by atoms with Crippen LogP contribution < -0.4 is 0 Å². The van der Waals surface area contributed by atoms with E-state index in [9.17, 15) is 13.2 Å². The van der Waals surface area contributed by atoms with Crippen molar-refractivity contribution in [2.24, 2.45) is 0 Å². The normalized spacial score (nSPS) is 14.6. The number of sulfone groups is 1. The van der Waals surface area contributed by atoms with Crippen LogP contribution >= 0.6 is 0 Å². The Balaban J connectivity index is 0.000000816. The molecule has 1 saturated carbocycles. The van der Waals surface area contributed by atoms with E-state index in [2.05, 4.69) is 16.3 Å². The summed E-state index contributed by atoms with van der Waals surface area (Å²) in [5.41, 5.74) is 16.3. The second-order valence-corrected chi connectivity index (χ2v) is 7.19. The number of carbonyl (C=O) groups is 1. The molecule has 23 heavy (non-hydrogen) atoms. The molecule has 0 N–H and O–H groups in total. The minimum Gasteiger partial charge on any atom is -0.362 e. The van der Waals surface area contributed by atoms with E-state index in [1.807, 2.05) is 0 Å². The Hall–Kier alpha value is -2.40. The highest BCUT2D eigenvalue weighted by molar-refractivity contribution is 8.08. The summed E-state index contributed by atoms with van der Waals surface area (Å²) in [5, 5.41) is -1.36. The Morgan fingerprint density at radius 3 is 2.09 bits per heavy atom. The second kappa shape index (κ2) is 8.90. The summed E-state index contributed by atoms with van der Waals surface area (Å²) in [4.78, 5) is 17.2. The molecule has 0 bridgehead atoms. The first kappa shape index (κ1) is 18.6. The molecule has 0 saturated heterocycles. The molecule has 8 heteroatoms. The van der Waals surface area contributed by atoms with Crippen molar-refractivity contribution >= 4 is 27.4 Å². The molecule has 7 nitrogen and oxygen atoms in total. The lowest BCUT2D eigenvalue weighted by atomic mass is 10.0. The van der Waals surface area contributed by atoms with Gasteiger partial charge in [-0.25, -0.2) is 8.42 Å². The van der Waals surface area contributed by atoms with E-state index in [4.69, 9.17) is 11.1 Å². The van der Waals surface area contributed by atoms with E-state index in [1.165, 1.54) is 12.1 Å². The fourth-order valence-corrected chi connectivity index (χ4v) is 4.24. The highest BCUT2D eigenvalue weighted by atomic mass is 32.2. The van der Waals surface area contributed by atoms with Crippen LogP contribution in [0.2, 0.25) is 0 Å². The predicted octanol–water partition coefficient (Wildman–Crippen LogP) is 2.16. The van der Waals surface area contributed by atoms with Gasteiger partial charge < -0.3 is 11.1 Å². The van der Waals surface area contributed by atoms with Crippen LogP contribution in [0.25, 0.3) is 11.1 Å². The number of benzene rings is 1. The zero-order valence-electron chi connectivity index (χ0n) is 12.6. The van der Waals surface area contributed by atoms with Crippen LogP contribution in [-0.4, -0.2) is 40.8 Å². The smallest absolute Gasteiger partial charge is 0.362 e. The van der Waals surface area contributed by atoms with Crippen LogP contribution in [0.3, 0.4) is 0 Å². The molecular formula is C15H18N4O3S. The van der Waals surface area contributed by atoms with Crippen LogP contribution in [0.1, 0.15) is 42.5 Å². The van der Waals surface area contributed by atoms with Crippen LogP contribution in [0.5, 0.6) is 0 Å². The highest BCUT2D eigenvalue weighted by Gasteiger charge is 2.42. The fourth-order valence-electron chi connectivity index (χ4n) is 2.48. The summed E-state index contributed by atoms with van der Waals surface area (Å²) >= 11 is 0. The maximum atomic E-state index is 12.4. The molecule has 122 valence electrons. The molecule has 0 spiro atoms. The lowest BCUT2D eigenvalue weighted by Crippen LogP contribution is -2.35. The third kappa shape index (κ3) is 4.79. The van der Waals surface area contributed by atoms with Crippen molar-refractivity contribution in [1.29, 1.82) is 0 Å². The zero-order valence-corrected chi connectivity index (χ0v) is 13.4. The number of Topliss-reactive ketones (excluding diaryl/α,β-unsaturated/α-hetero) is 1. The largest absolute Gasteiger partial charge is 0.452 e. The zero-order chi connectivity index (χ0) is 17.3. The molecule has 0 unspecified atom stereocenters. The van der Waals surface area contributed by atoms with E-state index in [0.29, 0.717) is 12.8 Å². The van der Waals surface area contributed by atoms with Gasteiger partial charge in [-0.05, 0) is 12.8 Å². The van der Waals surface area contributed by atoms with Crippen LogP contribution in [-0.2, 0) is 9.84 Å². The topological polar surface area (TPSA) is 124 Å². The van der Waals surface area contributed by atoms with Crippen LogP contribution in [0.15, 0.2) is 30.3 Å². The average Bonchev–Trinajstić information content (AvgIpc) is 2.57. The molecule has 1 aliphatic rings. The summed E-state index contributed by atoms with van der Waals surface area (Å²) in [6, 6.07) is 8.00. The number of rotatable bonds is 3. The fraction of sp³-hybridized carbons (Fsp3) is 0.400. The lowest BCUT2D eigenvalue weighted by Gasteiger charge is -2.19. The Morgan fingerprint density at radius 2 is 1.61 bits per heavy atom. The summed E-state index contributed by atoms with van der Waals surface area (Å²) in [6.07, 6.45) is 3.68. The molecule has 0 heterocycles. The highest BCUT2D eigenvalue weighted by Crippen LogP contribution is 2.25. The van der Waals surface area contributed by atoms with Crippen LogP contribution in [0.4, 0.5) is 0 Å². The van der Waals surface area contributed by atoms with Gasteiger partial charge in [0, 0.05) is 5.56 Å². The Labute approximate surface area is 135 Å². The van der Waals surface area contributed by atoms with Crippen molar-refractivity contribution in [3.05, 3.63) is 47.0 Å². The summed E-state index contributed by atoms with van der Waals surface area (Å²) in [6.45, 7) is 2.67. The monoisotopic (exact) mass is 334 g/mol. The SMILES string of the molecule is C=[N+]=[N-].[N-]=[N+]=C(C(=O)c1ccccc1)S(=O)(=O)C1CCCCC1. The van der Waals surface area contributed by atoms with Gasteiger partial charge in [0.25, 0.3) is 15.6 Å². The minimum atomic E-state index is -3.87. The maximum Gasteiger partial charge on any atom is 0.452 e. The van der Waals surface area contributed by atoms with Gasteiger partial charge in [0.1, 0.15) is 0 Å². The second-order valence-electron chi connectivity index (χ2n) is 5.05. The Morgan fingerprint density at radius 1 is 1.09 bits per heavy atom. The third-order valence-corrected chi connectivity index (χ3v) is 5.74. The molecule has 0 amide bonds. The quantitative estimate of drug-likeness (QED) is 0.276. The first-order valence-electron chi connectivity index (χ1n) is 7.14. The molecule has 0 aliphatic heterocycles. The number of hydrogen-bond donors (Lipinski definition) is 0. The molecule has 2 rings (SSSR count). The molecule has 0 atom stereocenters. The molecule has 1 aliphatic carbocycles. The average molecular weight is 334 g/mol. The number of ketones is 1. The van der Waals surface area contributed by atoms with Crippen LogP contribution in [0, 0.1) is 0 Å². The van der Waals surface area contributed by atoms with Gasteiger partial charge in [0.05, 0.1) is 5.25 Å². The van der Waals surface area contributed by atoms with E-state index in [1.54, 1.807) is 18.2 Å². The first-order valence-corrected chi connectivity index (χ1v) is 8.69. The Kier molecular flexibility index (Phi) is 7.22. The lowest BCUT2D eigenvalue weighted by molar-refractivity contribution is -0.00169. The standard InChI is InChI=1S/C14H16N2O3S.CH2N2/c15-16-14(13(17)11-7-3-1-4-8-11)20(18,19)12-9-5-2-6-10-12;1-3-2/h1,3-4,7-8,12H,2,5-6,9-10H2;1H2. The van der Waals surface area contributed by atoms with Gasteiger partial charge in [-0.15, -0.1) is 4.79 Å². The molecule has 1 aromatic carbocycles. The molecule has 0 radical (unpaired) electrons. The van der Waals surface area contributed by atoms with Crippen molar-refractivity contribution < 1.29 is 22.8 Å². The molecule has 1 aromatic rings. The van der Waals surface area contributed by atoms with Crippen molar-refractivity contribution in [2.75, 3.05) is 0 Å². The Bertz CT molecular complexity index is 725. The van der Waals surface area contributed by atoms with E-state index >= 15 is 0 Å². The van der Waals surface area contributed by atoms with Crippen molar-refractivity contribution in [3.63, 3.8) is 0 Å². The summed E-state index contributed by atoms with van der Waals surface area (Å²) < 4.78 is 24.8. The van der Waals surface area contributed by atoms with E-state index in [-0.39, 0.29) is 5.56 Å². The van der Waals surface area contributed by atoms with Gasteiger partial charge in [-0.2, -0.15) is 4.79 Å². The number of hydrogen-bond acceptors (Lipinski definition) is 3. The molecule has 0 aromatic heterocycles. The van der Waals surface area contributed by atoms with E-state index in [0.717, 1.165) is 19.3 Å². The number of carbonyl (C=O) groups excluding carboxylic acids is 1. The van der Waals surface area contributed by atoms with Crippen molar-refractivity contribution in [1.82, 2.24) is 0 Å². The first-order chi connectivity index (χ1) is 11.0. The third-order valence-electron chi connectivity index (χ3n) is 3.58. The molecule has 1 fully saturated rings. The van der Waals surface area contributed by atoms with Crippen molar-refractivity contribution in [2.45, 2.75) is 37.4 Å². The number of nitrogens with zero attached hydrogens (tertiary/aromatic N) is 4. The van der Waals surface area contributed by atoms with Gasteiger partial charge in [-0.3, -0.25) is 4.79 Å². The van der Waals surface area contributed by atoms with E-state index < -0.39 is 25.9 Å². The van der Waals surface area contributed by atoms with Gasteiger partial charge in [-0.1, -0.05) is 49.6 Å². The van der Waals surface area contributed by atoms with Crippen molar-refractivity contribution in [3.8, 4) is 0 Å². The predicted molar refractivity (Wildman–Crippen MR) is 85.9 cm³/mol. The summed E-state index contributed by atoms with van der Waals surface area (Å²) in [5.74, 6) is -0.751. The summed E-state index contributed by atoms with van der Waals surface area (Å²) in [7, 11) is -3.87. The van der Waals surface area contributed by atoms with Gasteiger partial charge in [0.15, 0.2) is 0 Å². The maximum absolute atomic E-state index is 12.4. The van der Waals surface area contributed by atoms with Gasteiger partial charge >= 0.3 is 5.04 Å². The molecular weight excluding hydrogens is 316 g/mol. The minimum absolute atomic E-state index is 0.208. The van der Waals surface area contributed by atoms with Gasteiger partial charge in [0.2, 0.25) is 6.72 Å².